The highest BCUT2D eigenvalue weighted by atomic mass is 32.2. The lowest BCUT2D eigenvalue weighted by molar-refractivity contribution is 0.507. The van der Waals surface area contributed by atoms with Gasteiger partial charge in [-0.15, -0.1) is 11.3 Å². The van der Waals surface area contributed by atoms with Crippen LogP contribution < -0.4 is 5.32 Å². The van der Waals surface area contributed by atoms with Crippen molar-refractivity contribution in [3.8, 4) is 0 Å². The predicted octanol–water partition coefficient (Wildman–Crippen LogP) is 4.91. The van der Waals surface area contributed by atoms with E-state index in [1.165, 1.54) is 6.07 Å². The van der Waals surface area contributed by atoms with Crippen molar-refractivity contribution in [1.29, 1.82) is 0 Å². The van der Waals surface area contributed by atoms with Crippen LogP contribution in [0.3, 0.4) is 0 Å². The molecule has 1 aromatic heterocycles. The molecule has 0 saturated heterocycles. The van der Waals surface area contributed by atoms with Gasteiger partial charge in [-0.3, -0.25) is 0 Å². The molecule has 0 atom stereocenters. The van der Waals surface area contributed by atoms with Gasteiger partial charge in [-0.05, 0) is 42.2 Å². The quantitative estimate of drug-likeness (QED) is 0.691. The molecule has 6 heteroatoms. The summed E-state index contributed by atoms with van der Waals surface area (Å²) >= 11 is 3.26. The number of hydrogen-bond acceptors (Lipinski definition) is 4. The summed E-state index contributed by atoms with van der Waals surface area (Å²) in [6.45, 7) is 0.441. The number of benzene rings is 2. The molecule has 0 spiro atoms. The zero-order valence-corrected chi connectivity index (χ0v) is 12.8. The Morgan fingerprint density at radius 1 is 1.14 bits per heavy atom. The van der Waals surface area contributed by atoms with E-state index in [-0.39, 0.29) is 0 Å². The lowest BCUT2D eigenvalue weighted by atomic mass is 10.2. The van der Waals surface area contributed by atoms with Crippen LogP contribution in [0.5, 0.6) is 0 Å². The highest BCUT2D eigenvalue weighted by Gasteiger charge is 2.05. The molecule has 1 heterocycles. The Morgan fingerprint density at radius 3 is 2.76 bits per heavy atom. The van der Waals surface area contributed by atoms with Gasteiger partial charge in [-0.1, -0.05) is 17.8 Å². The van der Waals surface area contributed by atoms with Gasteiger partial charge in [0, 0.05) is 12.2 Å². The fraction of sp³-hybridized carbons (Fsp3) is 0.133. The van der Waals surface area contributed by atoms with Gasteiger partial charge < -0.3 is 5.32 Å². The van der Waals surface area contributed by atoms with Gasteiger partial charge in [-0.25, -0.2) is 13.8 Å². The lowest BCUT2D eigenvalue weighted by Gasteiger charge is -2.06. The predicted molar refractivity (Wildman–Crippen MR) is 85.1 cm³/mol. The molecule has 2 aromatic carbocycles. The van der Waals surface area contributed by atoms with Crippen LogP contribution in [0.2, 0.25) is 0 Å². The summed E-state index contributed by atoms with van der Waals surface area (Å²) < 4.78 is 28.1. The Balaban J connectivity index is 1.76. The van der Waals surface area contributed by atoms with Crippen molar-refractivity contribution in [2.24, 2.45) is 0 Å². The molecule has 3 rings (SSSR count). The second-order valence-corrected chi connectivity index (χ2v) is 6.55. The van der Waals surface area contributed by atoms with Gasteiger partial charge in [0.25, 0.3) is 0 Å². The fourth-order valence-corrected chi connectivity index (χ4v) is 3.48. The van der Waals surface area contributed by atoms with Crippen LogP contribution in [0, 0.1) is 11.6 Å². The Labute approximate surface area is 129 Å². The van der Waals surface area contributed by atoms with Crippen LogP contribution >= 0.6 is 23.1 Å². The monoisotopic (exact) mass is 322 g/mol. The van der Waals surface area contributed by atoms with E-state index in [2.05, 4.69) is 10.3 Å². The van der Waals surface area contributed by atoms with E-state index >= 15 is 0 Å². The number of nitrogens with one attached hydrogen (secondary N) is 1. The zero-order valence-electron chi connectivity index (χ0n) is 11.2. The molecule has 2 nitrogen and oxygen atoms in total. The van der Waals surface area contributed by atoms with E-state index < -0.39 is 11.6 Å². The van der Waals surface area contributed by atoms with Crippen molar-refractivity contribution in [1.82, 2.24) is 4.98 Å². The highest BCUT2D eigenvalue weighted by Crippen LogP contribution is 2.30. The van der Waals surface area contributed by atoms with Gasteiger partial charge in [-0.2, -0.15) is 0 Å². The van der Waals surface area contributed by atoms with E-state index in [0.717, 1.165) is 26.3 Å². The standard InChI is InChI=1S/C15H12F2N2S2/c1-20-15-19-13-5-3-10(7-14(13)21-15)18-8-9-2-4-11(16)12(17)6-9/h2-7,18H,8H2,1H3. The number of rotatable bonds is 4. The van der Waals surface area contributed by atoms with Crippen LogP contribution in [0.1, 0.15) is 5.56 Å². The number of nitrogens with zero attached hydrogens (tertiary/aromatic N) is 1. The number of anilines is 1. The summed E-state index contributed by atoms with van der Waals surface area (Å²) in [5.74, 6) is -1.65. The molecule has 0 radical (unpaired) electrons. The highest BCUT2D eigenvalue weighted by molar-refractivity contribution is 8.00. The van der Waals surface area contributed by atoms with Gasteiger partial charge in [0.1, 0.15) is 0 Å². The summed E-state index contributed by atoms with van der Waals surface area (Å²) in [6.07, 6.45) is 2.00. The van der Waals surface area contributed by atoms with Crippen molar-refractivity contribution in [3.05, 3.63) is 53.6 Å². The minimum Gasteiger partial charge on any atom is -0.381 e. The Morgan fingerprint density at radius 2 is 2.00 bits per heavy atom. The Hall–Kier alpha value is -1.66. The number of hydrogen-bond donors (Lipinski definition) is 1. The van der Waals surface area contributed by atoms with E-state index in [1.54, 1.807) is 29.2 Å². The molecule has 108 valence electrons. The normalized spacial score (nSPS) is 11.0. The number of thioether (sulfide) groups is 1. The second kappa shape index (κ2) is 5.99. The SMILES string of the molecule is CSc1nc2ccc(NCc3ccc(F)c(F)c3)cc2s1. The third-order valence-corrected chi connectivity index (χ3v) is 5.03. The van der Waals surface area contributed by atoms with Gasteiger partial charge in [0.05, 0.1) is 10.2 Å². The van der Waals surface area contributed by atoms with Crippen LogP contribution in [-0.2, 0) is 6.54 Å². The van der Waals surface area contributed by atoms with Crippen LogP contribution in [0.25, 0.3) is 10.2 Å². The maximum atomic E-state index is 13.1. The average Bonchev–Trinajstić information content (AvgIpc) is 2.90. The van der Waals surface area contributed by atoms with Crippen molar-refractivity contribution in [2.45, 2.75) is 10.9 Å². The minimum absolute atomic E-state index is 0.441. The lowest BCUT2D eigenvalue weighted by Crippen LogP contribution is -2.00. The summed E-state index contributed by atoms with van der Waals surface area (Å²) in [7, 11) is 0. The smallest absolute Gasteiger partial charge is 0.159 e. The zero-order chi connectivity index (χ0) is 14.8. The van der Waals surface area contributed by atoms with E-state index in [4.69, 9.17) is 0 Å². The minimum atomic E-state index is -0.825. The molecule has 0 aliphatic carbocycles. The van der Waals surface area contributed by atoms with Crippen molar-refractivity contribution in [3.63, 3.8) is 0 Å². The van der Waals surface area contributed by atoms with Gasteiger partial charge in [0.2, 0.25) is 0 Å². The molecule has 0 aliphatic rings. The van der Waals surface area contributed by atoms with Crippen molar-refractivity contribution < 1.29 is 8.78 Å². The summed E-state index contributed by atoms with van der Waals surface area (Å²) in [6, 6.07) is 9.84. The van der Waals surface area contributed by atoms with Crippen molar-refractivity contribution in [2.75, 3.05) is 11.6 Å². The van der Waals surface area contributed by atoms with E-state index in [0.29, 0.717) is 12.1 Å². The molecule has 0 unspecified atom stereocenters. The summed E-state index contributed by atoms with van der Waals surface area (Å²) in [5, 5.41) is 3.21. The Bertz CT molecular complexity index is 786. The number of aromatic nitrogens is 1. The van der Waals surface area contributed by atoms with E-state index in [9.17, 15) is 8.78 Å². The van der Waals surface area contributed by atoms with Gasteiger partial charge >= 0.3 is 0 Å². The molecule has 0 aliphatic heterocycles. The molecule has 0 amide bonds. The van der Waals surface area contributed by atoms with E-state index in [1.807, 2.05) is 24.5 Å². The first-order valence-electron chi connectivity index (χ1n) is 6.28. The van der Waals surface area contributed by atoms with Crippen LogP contribution in [0.4, 0.5) is 14.5 Å². The first-order valence-corrected chi connectivity index (χ1v) is 8.32. The fourth-order valence-electron chi connectivity index (χ4n) is 1.95. The number of halogens is 2. The molecule has 0 fully saturated rings. The number of thiazole rings is 1. The maximum Gasteiger partial charge on any atom is 0.159 e. The number of fused-ring (bicyclic) bond motifs is 1. The third kappa shape index (κ3) is 3.16. The topological polar surface area (TPSA) is 24.9 Å². The maximum absolute atomic E-state index is 13.1. The first kappa shape index (κ1) is 14.3. The molecular weight excluding hydrogens is 310 g/mol. The summed E-state index contributed by atoms with van der Waals surface area (Å²) in [4.78, 5) is 4.47. The molecule has 3 aromatic rings. The molecule has 0 bridgehead atoms. The van der Waals surface area contributed by atoms with Crippen molar-refractivity contribution >= 4 is 39.0 Å². The largest absolute Gasteiger partial charge is 0.381 e. The molecule has 0 saturated carbocycles. The first-order chi connectivity index (χ1) is 10.2. The molecule has 1 N–H and O–H groups in total. The molecular formula is C15H12F2N2S2. The molecule has 21 heavy (non-hydrogen) atoms. The average molecular weight is 322 g/mol. The third-order valence-electron chi connectivity index (χ3n) is 3.02. The van der Waals surface area contributed by atoms with Crippen LogP contribution in [-0.4, -0.2) is 11.2 Å². The van der Waals surface area contributed by atoms with Crippen LogP contribution in [0.15, 0.2) is 40.7 Å². The second-order valence-electron chi connectivity index (χ2n) is 4.47. The van der Waals surface area contributed by atoms with Gasteiger partial charge in [0.15, 0.2) is 16.0 Å². The summed E-state index contributed by atoms with van der Waals surface area (Å²) in [5.41, 5.74) is 2.61. The Kier molecular flexibility index (Phi) is 4.07.